The Labute approximate surface area is 285 Å². The molecule has 3 unspecified atom stereocenters. The van der Waals surface area contributed by atoms with Gasteiger partial charge in [0.15, 0.2) is 35.1 Å². The first kappa shape index (κ1) is 33.0. The molecule has 0 radical (unpaired) electrons. The molecule has 1 saturated heterocycles. The van der Waals surface area contributed by atoms with Crippen LogP contribution in [0.5, 0.6) is 11.5 Å². The Kier molecular flexibility index (Phi) is 9.19. The van der Waals surface area contributed by atoms with Crippen molar-refractivity contribution in [1.29, 1.82) is 0 Å². The molecule has 0 aliphatic carbocycles. The van der Waals surface area contributed by atoms with Crippen molar-refractivity contribution in [2.75, 3.05) is 11.5 Å². The third-order valence-electron chi connectivity index (χ3n) is 7.64. The number of phenolic OH excluding ortho intramolecular Hbond substituents is 2. The van der Waals surface area contributed by atoms with Gasteiger partial charge in [0.2, 0.25) is 11.6 Å². The molecule has 2 aliphatic heterocycles. The highest BCUT2D eigenvalue weighted by molar-refractivity contribution is 8.00. The normalized spacial score (nSPS) is 18.2. The number of anilines is 1. The maximum absolute atomic E-state index is 13.5. The van der Waals surface area contributed by atoms with Crippen LogP contribution in [-0.2, 0) is 30.6 Å². The number of allylic oxidation sites excluding steroid dienone is 2. The van der Waals surface area contributed by atoms with Crippen molar-refractivity contribution in [3.8, 4) is 11.5 Å². The van der Waals surface area contributed by atoms with Gasteiger partial charge >= 0.3 is 5.97 Å². The van der Waals surface area contributed by atoms with Crippen LogP contribution >= 0.6 is 23.1 Å². The fourth-order valence-corrected chi connectivity index (χ4v) is 7.18. The van der Waals surface area contributed by atoms with Crippen LogP contribution in [-0.4, -0.2) is 71.8 Å². The second-order valence-electron chi connectivity index (χ2n) is 10.7. The number of hydrogen-bond donors (Lipinski definition) is 5. The zero-order valence-electron chi connectivity index (χ0n) is 25.1. The summed E-state index contributed by atoms with van der Waals surface area (Å²) < 4.78 is 2.00. The van der Waals surface area contributed by atoms with E-state index >= 15 is 0 Å². The highest BCUT2D eigenvalue weighted by Crippen LogP contribution is 2.40. The van der Waals surface area contributed by atoms with Gasteiger partial charge in [-0.2, -0.15) is 4.57 Å². The summed E-state index contributed by atoms with van der Waals surface area (Å²) in [6.07, 6.45) is 3.52. The summed E-state index contributed by atoms with van der Waals surface area (Å²) in [7, 11) is 0. The van der Waals surface area contributed by atoms with Crippen molar-refractivity contribution >= 4 is 68.6 Å². The fraction of sp³-hybridized carbons (Fsp3) is 0.156. The number of thiazole rings is 1. The van der Waals surface area contributed by atoms with E-state index < -0.39 is 58.5 Å². The number of nitrogen functional groups attached to an aromatic ring is 1. The van der Waals surface area contributed by atoms with E-state index in [1.165, 1.54) is 23.2 Å². The summed E-state index contributed by atoms with van der Waals surface area (Å²) in [5.74, 6) is -5.65. The number of phenols is 2. The zero-order valence-corrected chi connectivity index (χ0v) is 26.8. The highest BCUT2D eigenvalue weighted by atomic mass is 32.2. The van der Waals surface area contributed by atoms with Crippen molar-refractivity contribution in [1.82, 2.24) is 15.2 Å². The Hall–Kier alpha value is -5.94. The van der Waals surface area contributed by atoms with E-state index in [9.17, 15) is 39.6 Å². The smallest absolute Gasteiger partial charge is 0.352 e. The number of benzene rings is 2. The zero-order chi connectivity index (χ0) is 34.8. The van der Waals surface area contributed by atoms with E-state index in [-0.39, 0.29) is 27.8 Å². The Morgan fingerprint density at radius 3 is 2.67 bits per heavy atom. The number of carbonyl (C=O) groups is 4. The second kappa shape index (κ2) is 13.7. The Bertz CT molecular complexity index is 2090. The molecule has 0 spiro atoms. The molecule has 4 aromatic rings. The molecule has 0 saturated carbocycles. The van der Waals surface area contributed by atoms with Crippen LogP contribution in [0.25, 0.3) is 10.9 Å². The number of carboxylic acids is 2. The van der Waals surface area contributed by atoms with Gasteiger partial charge in [-0.25, -0.2) is 9.78 Å². The number of fused-ring (bicyclic) bond motifs is 2. The van der Waals surface area contributed by atoms with Gasteiger partial charge in [0.1, 0.15) is 17.1 Å². The first-order valence-electron chi connectivity index (χ1n) is 14.5. The van der Waals surface area contributed by atoms with E-state index in [0.29, 0.717) is 12.1 Å². The Morgan fingerprint density at radius 1 is 1.18 bits per heavy atom. The molecule has 6 rings (SSSR count). The van der Waals surface area contributed by atoms with E-state index in [1.807, 2.05) is 47.2 Å². The van der Waals surface area contributed by atoms with Crippen LogP contribution in [0.15, 0.2) is 94.8 Å². The predicted octanol–water partition coefficient (Wildman–Crippen LogP) is 0.784. The molecular formula is C32H26N6O9S2. The summed E-state index contributed by atoms with van der Waals surface area (Å²) in [6, 6.07) is 13.7. The van der Waals surface area contributed by atoms with Crippen molar-refractivity contribution in [2.24, 2.45) is 5.16 Å². The lowest BCUT2D eigenvalue weighted by Gasteiger charge is -2.50. The van der Waals surface area contributed by atoms with Gasteiger partial charge in [0, 0.05) is 34.2 Å². The van der Waals surface area contributed by atoms with Crippen LogP contribution in [0.4, 0.5) is 5.13 Å². The number of nitrogens with zero attached hydrogens (tertiary/aromatic N) is 4. The first-order valence-corrected chi connectivity index (χ1v) is 16.4. The van der Waals surface area contributed by atoms with Crippen LogP contribution < -0.4 is 20.7 Å². The molecule has 2 amide bonds. The van der Waals surface area contributed by atoms with Gasteiger partial charge in [0.05, 0.1) is 11.7 Å². The SMILES string of the molecule is Nc1nc(C(=NOC(C(=O)O)c2ccc(O)c(O)c2)C(=O)NC2C(=O)N3C(C(=O)[O-])=C(C=CC[n+]4cccc5ccccc54)CSC23)cs1. The van der Waals surface area contributed by atoms with E-state index in [2.05, 4.69) is 15.5 Å². The fourth-order valence-electron chi connectivity index (χ4n) is 5.32. The number of hydrogen-bond acceptors (Lipinski definition) is 13. The number of nitrogens with two attached hydrogens (primary N) is 1. The summed E-state index contributed by atoms with van der Waals surface area (Å²) in [5.41, 5.74) is 6.10. The monoisotopic (exact) mass is 702 g/mol. The summed E-state index contributed by atoms with van der Waals surface area (Å²) >= 11 is 2.20. The lowest BCUT2D eigenvalue weighted by atomic mass is 10.0. The largest absolute Gasteiger partial charge is 0.543 e. The number of oxime groups is 1. The molecule has 2 aromatic heterocycles. The number of para-hydroxylation sites is 1. The number of carboxylic acid groups (broad SMARTS) is 2. The standard InChI is InChI=1S/C32H26N6O9S2/c33-32-34-19(15-49-32)23(36-47-26(31(45)46)17-9-10-21(39)22(40)13-17)27(41)35-24-28(42)38-25(30(43)44)18(14-48-29(24)38)7-4-12-37-11-3-6-16-5-1-2-8-20(16)37/h1-11,13,15,24,26,29H,12,14H2,(H6-,33,34,35,36,39,40,41,43,44,45,46). The highest BCUT2D eigenvalue weighted by Gasteiger charge is 2.53. The van der Waals surface area contributed by atoms with Crippen molar-refractivity contribution in [3.63, 3.8) is 0 Å². The second-order valence-corrected chi connectivity index (χ2v) is 12.7. The van der Waals surface area contributed by atoms with Crippen molar-refractivity contribution in [2.45, 2.75) is 24.1 Å². The molecule has 49 heavy (non-hydrogen) atoms. The van der Waals surface area contributed by atoms with Crippen LogP contribution in [0.2, 0.25) is 0 Å². The van der Waals surface area contributed by atoms with E-state index in [4.69, 9.17) is 10.6 Å². The maximum atomic E-state index is 13.5. The number of aromatic hydroxyl groups is 2. The number of β-lactam (4-membered cyclic amide) rings is 1. The molecule has 1 fully saturated rings. The lowest BCUT2D eigenvalue weighted by Crippen LogP contribution is -2.71. The minimum Gasteiger partial charge on any atom is -0.543 e. The quantitative estimate of drug-likeness (QED) is 0.0480. The minimum atomic E-state index is -1.82. The number of aromatic nitrogens is 2. The lowest BCUT2D eigenvalue weighted by molar-refractivity contribution is -0.661. The minimum absolute atomic E-state index is 0.0608. The van der Waals surface area contributed by atoms with Crippen molar-refractivity contribution < 1.29 is 49.0 Å². The molecule has 0 bridgehead atoms. The molecule has 2 aliphatic rings. The van der Waals surface area contributed by atoms with Gasteiger partial charge in [-0.3, -0.25) is 14.5 Å². The van der Waals surface area contributed by atoms with Crippen LogP contribution in [0.3, 0.4) is 0 Å². The number of rotatable bonds is 11. The van der Waals surface area contributed by atoms with E-state index in [0.717, 1.165) is 39.3 Å². The molecular weight excluding hydrogens is 677 g/mol. The van der Waals surface area contributed by atoms with Crippen LogP contribution in [0.1, 0.15) is 17.4 Å². The average molecular weight is 703 g/mol. The van der Waals surface area contributed by atoms with E-state index in [1.54, 1.807) is 12.2 Å². The number of pyridine rings is 1. The van der Waals surface area contributed by atoms with Gasteiger partial charge < -0.3 is 41.1 Å². The molecule has 4 heterocycles. The Morgan fingerprint density at radius 2 is 1.96 bits per heavy atom. The molecule has 2 aromatic carbocycles. The van der Waals surface area contributed by atoms with Crippen LogP contribution in [0, 0.1) is 0 Å². The number of thioether (sulfide) groups is 1. The summed E-state index contributed by atoms with van der Waals surface area (Å²) in [4.78, 5) is 61.3. The number of amides is 2. The van der Waals surface area contributed by atoms with Gasteiger partial charge in [-0.05, 0) is 35.9 Å². The van der Waals surface area contributed by atoms with Gasteiger partial charge in [-0.15, -0.1) is 23.1 Å². The van der Waals surface area contributed by atoms with Gasteiger partial charge in [-0.1, -0.05) is 29.4 Å². The number of nitrogens with one attached hydrogen (secondary N) is 1. The molecule has 3 atom stereocenters. The Balaban J connectivity index is 1.20. The first-order chi connectivity index (χ1) is 23.5. The summed E-state index contributed by atoms with van der Waals surface area (Å²) in [5, 5.41) is 49.3. The average Bonchev–Trinajstić information content (AvgIpc) is 3.51. The molecule has 15 nitrogen and oxygen atoms in total. The van der Waals surface area contributed by atoms with Crippen molar-refractivity contribution in [3.05, 3.63) is 101 Å². The maximum Gasteiger partial charge on any atom is 0.352 e. The molecule has 250 valence electrons. The third-order valence-corrected chi connectivity index (χ3v) is 9.62. The number of carbonyl (C=O) groups excluding carboxylic acids is 3. The number of aliphatic carboxylic acids is 2. The topological polar surface area (TPSA) is 232 Å². The predicted molar refractivity (Wildman–Crippen MR) is 175 cm³/mol. The summed E-state index contributed by atoms with van der Waals surface area (Å²) in [6.45, 7) is 0.438. The third kappa shape index (κ3) is 6.61. The molecule has 17 heteroatoms. The molecule has 6 N–H and O–H groups in total. The van der Waals surface area contributed by atoms with Gasteiger partial charge in [0.25, 0.3) is 11.8 Å².